The quantitative estimate of drug-likeness (QED) is 0.687. The lowest BCUT2D eigenvalue weighted by molar-refractivity contribution is -0.134. The molecule has 6 heteroatoms. The Morgan fingerprint density at radius 1 is 1.19 bits per heavy atom. The van der Waals surface area contributed by atoms with Crippen molar-refractivity contribution in [3.8, 4) is 0 Å². The standard InChI is InChI=1S/C15H30N4O2/c1-12(2)8-13(10-16)9-15(21)19-6-4-18(5-7-19)11-14(20)17-3/h12-13H,4-11,16H2,1-3H3,(H,17,20)/t13-/m0/s1. The van der Waals surface area contributed by atoms with E-state index in [1.54, 1.807) is 7.05 Å². The maximum absolute atomic E-state index is 12.3. The van der Waals surface area contributed by atoms with E-state index in [9.17, 15) is 9.59 Å². The summed E-state index contributed by atoms with van der Waals surface area (Å²) in [6.07, 6.45) is 1.54. The molecule has 1 saturated heterocycles. The summed E-state index contributed by atoms with van der Waals surface area (Å²) in [5.41, 5.74) is 5.77. The van der Waals surface area contributed by atoms with Crippen LogP contribution in [0, 0.1) is 11.8 Å². The summed E-state index contributed by atoms with van der Waals surface area (Å²) in [4.78, 5) is 27.6. The number of rotatable bonds is 7. The first-order valence-corrected chi connectivity index (χ1v) is 7.87. The molecule has 0 spiro atoms. The van der Waals surface area contributed by atoms with Crippen molar-refractivity contribution >= 4 is 11.8 Å². The van der Waals surface area contributed by atoms with Crippen LogP contribution in [-0.2, 0) is 9.59 Å². The van der Waals surface area contributed by atoms with E-state index < -0.39 is 0 Å². The molecular formula is C15H30N4O2. The van der Waals surface area contributed by atoms with Crippen LogP contribution in [0.1, 0.15) is 26.7 Å². The fourth-order valence-corrected chi connectivity index (χ4v) is 2.74. The Hall–Kier alpha value is -1.14. The molecule has 0 aromatic heterocycles. The van der Waals surface area contributed by atoms with E-state index in [-0.39, 0.29) is 17.7 Å². The second-order valence-corrected chi connectivity index (χ2v) is 6.27. The molecule has 1 atom stereocenters. The molecule has 1 aliphatic rings. The van der Waals surface area contributed by atoms with Gasteiger partial charge >= 0.3 is 0 Å². The average molecular weight is 298 g/mol. The van der Waals surface area contributed by atoms with E-state index in [4.69, 9.17) is 5.73 Å². The maximum Gasteiger partial charge on any atom is 0.233 e. The zero-order valence-corrected chi connectivity index (χ0v) is 13.6. The third kappa shape index (κ3) is 6.44. The van der Waals surface area contributed by atoms with E-state index in [2.05, 4.69) is 24.1 Å². The monoisotopic (exact) mass is 298 g/mol. The van der Waals surface area contributed by atoms with Crippen LogP contribution in [0.5, 0.6) is 0 Å². The third-order valence-electron chi connectivity index (χ3n) is 3.97. The first-order chi connectivity index (χ1) is 9.96. The molecule has 1 fully saturated rings. The number of nitrogens with two attached hydrogens (primary N) is 1. The van der Waals surface area contributed by atoms with Crippen LogP contribution in [0.2, 0.25) is 0 Å². The lowest BCUT2D eigenvalue weighted by Gasteiger charge is -2.35. The van der Waals surface area contributed by atoms with Crippen LogP contribution in [-0.4, -0.2) is 67.9 Å². The minimum absolute atomic E-state index is 0.0231. The Kier molecular flexibility index (Phi) is 7.67. The summed E-state index contributed by atoms with van der Waals surface area (Å²) < 4.78 is 0. The van der Waals surface area contributed by atoms with Gasteiger partial charge in [0, 0.05) is 39.6 Å². The fourth-order valence-electron chi connectivity index (χ4n) is 2.74. The highest BCUT2D eigenvalue weighted by atomic mass is 16.2. The fraction of sp³-hybridized carbons (Fsp3) is 0.867. The predicted octanol–water partition coefficient (Wildman–Crippen LogP) is -0.112. The van der Waals surface area contributed by atoms with Gasteiger partial charge < -0.3 is 16.0 Å². The SMILES string of the molecule is CNC(=O)CN1CCN(C(=O)C[C@@H](CN)CC(C)C)CC1. The lowest BCUT2D eigenvalue weighted by atomic mass is 9.93. The zero-order valence-electron chi connectivity index (χ0n) is 13.6. The highest BCUT2D eigenvalue weighted by Gasteiger charge is 2.24. The molecular weight excluding hydrogens is 268 g/mol. The van der Waals surface area contributed by atoms with Crippen molar-refractivity contribution in [3.63, 3.8) is 0 Å². The molecule has 21 heavy (non-hydrogen) atoms. The molecule has 0 saturated carbocycles. The number of nitrogens with zero attached hydrogens (tertiary/aromatic N) is 2. The third-order valence-corrected chi connectivity index (χ3v) is 3.97. The molecule has 122 valence electrons. The number of hydrogen-bond donors (Lipinski definition) is 2. The highest BCUT2D eigenvalue weighted by molar-refractivity contribution is 5.78. The molecule has 6 nitrogen and oxygen atoms in total. The number of amides is 2. The van der Waals surface area contributed by atoms with Gasteiger partial charge in [0.1, 0.15) is 0 Å². The molecule has 1 heterocycles. The van der Waals surface area contributed by atoms with Crippen LogP contribution in [0.25, 0.3) is 0 Å². The Balaban J connectivity index is 2.35. The number of carbonyl (C=O) groups excluding carboxylic acids is 2. The van der Waals surface area contributed by atoms with Crippen LogP contribution in [0.15, 0.2) is 0 Å². The van der Waals surface area contributed by atoms with Crippen molar-refractivity contribution in [2.45, 2.75) is 26.7 Å². The molecule has 1 aliphatic heterocycles. The molecule has 0 unspecified atom stereocenters. The molecule has 0 aromatic rings. The summed E-state index contributed by atoms with van der Waals surface area (Å²) in [5.74, 6) is 1.07. The smallest absolute Gasteiger partial charge is 0.233 e. The number of likely N-dealkylation sites (N-methyl/N-ethyl adjacent to an activating group) is 1. The summed E-state index contributed by atoms with van der Waals surface area (Å²) in [7, 11) is 1.64. The van der Waals surface area contributed by atoms with Crippen molar-refractivity contribution in [3.05, 3.63) is 0 Å². The Bertz CT molecular complexity index is 339. The molecule has 0 aromatic carbocycles. The van der Waals surface area contributed by atoms with E-state index in [1.165, 1.54) is 0 Å². The summed E-state index contributed by atoms with van der Waals surface area (Å²) in [6.45, 7) is 8.23. The van der Waals surface area contributed by atoms with Gasteiger partial charge in [0.25, 0.3) is 0 Å². The number of nitrogens with one attached hydrogen (secondary N) is 1. The second-order valence-electron chi connectivity index (χ2n) is 6.27. The first kappa shape index (κ1) is 17.9. The minimum atomic E-state index is 0.0231. The van der Waals surface area contributed by atoms with Crippen LogP contribution >= 0.6 is 0 Å². The van der Waals surface area contributed by atoms with Crippen molar-refractivity contribution in [1.29, 1.82) is 0 Å². The summed E-state index contributed by atoms with van der Waals surface area (Å²) in [6, 6.07) is 0. The van der Waals surface area contributed by atoms with Gasteiger partial charge in [0.15, 0.2) is 0 Å². The van der Waals surface area contributed by atoms with Gasteiger partial charge in [-0.1, -0.05) is 13.8 Å². The molecule has 3 N–H and O–H groups in total. The first-order valence-electron chi connectivity index (χ1n) is 7.87. The van der Waals surface area contributed by atoms with E-state index >= 15 is 0 Å². The van der Waals surface area contributed by atoms with Gasteiger partial charge in [0.2, 0.25) is 11.8 Å². The van der Waals surface area contributed by atoms with Crippen molar-refractivity contribution in [1.82, 2.24) is 15.1 Å². The maximum atomic E-state index is 12.3. The van der Waals surface area contributed by atoms with Crippen LogP contribution in [0.4, 0.5) is 0 Å². The van der Waals surface area contributed by atoms with E-state index in [0.717, 1.165) is 19.5 Å². The van der Waals surface area contributed by atoms with Gasteiger partial charge in [-0.2, -0.15) is 0 Å². The Morgan fingerprint density at radius 2 is 1.81 bits per heavy atom. The van der Waals surface area contributed by atoms with Crippen molar-refractivity contribution < 1.29 is 9.59 Å². The van der Waals surface area contributed by atoms with E-state index in [1.807, 2.05) is 4.90 Å². The summed E-state index contributed by atoms with van der Waals surface area (Å²) >= 11 is 0. The largest absolute Gasteiger partial charge is 0.358 e. The molecule has 2 amide bonds. The van der Waals surface area contributed by atoms with Gasteiger partial charge in [-0.25, -0.2) is 0 Å². The Labute approximate surface area is 128 Å². The number of carbonyl (C=O) groups is 2. The molecule has 0 bridgehead atoms. The zero-order chi connectivity index (χ0) is 15.8. The normalized spacial score (nSPS) is 17.9. The van der Waals surface area contributed by atoms with Gasteiger partial charge in [-0.3, -0.25) is 14.5 Å². The molecule has 0 aliphatic carbocycles. The number of hydrogen-bond acceptors (Lipinski definition) is 4. The predicted molar refractivity (Wildman–Crippen MR) is 83.7 cm³/mol. The van der Waals surface area contributed by atoms with Gasteiger partial charge in [0.05, 0.1) is 6.54 Å². The van der Waals surface area contributed by atoms with Gasteiger partial charge in [-0.15, -0.1) is 0 Å². The Morgan fingerprint density at radius 3 is 2.29 bits per heavy atom. The highest BCUT2D eigenvalue weighted by Crippen LogP contribution is 2.16. The number of piperazine rings is 1. The average Bonchev–Trinajstić information content (AvgIpc) is 2.46. The van der Waals surface area contributed by atoms with Gasteiger partial charge in [-0.05, 0) is 24.8 Å². The topological polar surface area (TPSA) is 78.7 Å². The van der Waals surface area contributed by atoms with Crippen LogP contribution in [0.3, 0.4) is 0 Å². The van der Waals surface area contributed by atoms with E-state index in [0.29, 0.717) is 38.5 Å². The minimum Gasteiger partial charge on any atom is -0.358 e. The molecule has 0 radical (unpaired) electrons. The molecule has 1 rings (SSSR count). The van der Waals surface area contributed by atoms with Crippen LogP contribution < -0.4 is 11.1 Å². The van der Waals surface area contributed by atoms with Crippen molar-refractivity contribution in [2.24, 2.45) is 17.6 Å². The second kappa shape index (κ2) is 9.00. The summed E-state index contributed by atoms with van der Waals surface area (Å²) in [5, 5.41) is 2.62. The lowest BCUT2D eigenvalue weighted by Crippen LogP contribution is -2.51. The van der Waals surface area contributed by atoms with Crippen molar-refractivity contribution in [2.75, 3.05) is 46.3 Å².